The van der Waals surface area contributed by atoms with Gasteiger partial charge in [-0.3, -0.25) is 4.79 Å². The first kappa shape index (κ1) is 24.4. The molecule has 28 heavy (non-hydrogen) atoms. The first-order valence-corrected chi connectivity index (χ1v) is 9.29. The van der Waals surface area contributed by atoms with Gasteiger partial charge in [-0.05, 0) is 18.9 Å². The normalized spacial score (nSPS) is 20.0. The van der Waals surface area contributed by atoms with Crippen LogP contribution in [0.5, 0.6) is 0 Å². The smallest absolute Gasteiger partial charge is 0.240 e. The summed E-state index contributed by atoms with van der Waals surface area (Å²) in [5.41, 5.74) is 8.25. The molecule has 0 spiro atoms. The number of hydrogen-bond acceptors (Lipinski definition) is 4. The lowest BCUT2D eigenvalue weighted by Crippen LogP contribution is -2.54. The van der Waals surface area contributed by atoms with Crippen LogP contribution < -0.4 is 5.73 Å². The van der Waals surface area contributed by atoms with E-state index in [4.69, 9.17) is 10.5 Å². The van der Waals surface area contributed by atoms with Gasteiger partial charge in [0.05, 0.1) is 30.3 Å². The Kier molecular flexibility index (Phi) is 9.96. The van der Waals surface area contributed by atoms with Gasteiger partial charge in [0.1, 0.15) is 0 Å². The maximum atomic E-state index is 12.7. The van der Waals surface area contributed by atoms with E-state index in [0.29, 0.717) is 19.5 Å². The summed E-state index contributed by atoms with van der Waals surface area (Å²) in [5, 5.41) is 0. The highest BCUT2D eigenvalue weighted by Gasteiger charge is 2.30. The highest BCUT2D eigenvalue weighted by atomic mass is 35.5. The molecule has 6 nitrogen and oxygen atoms in total. The van der Waals surface area contributed by atoms with E-state index in [1.807, 2.05) is 40.8 Å². The van der Waals surface area contributed by atoms with Crippen molar-refractivity contribution in [2.24, 2.45) is 5.73 Å². The molecule has 1 saturated heterocycles. The maximum absolute atomic E-state index is 12.7. The molecule has 1 aromatic carbocycles. The Hall–Kier alpha value is -1.60. The van der Waals surface area contributed by atoms with Crippen LogP contribution in [0.25, 0.3) is 0 Å². The van der Waals surface area contributed by atoms with Crippen LogP contribution in [0.1, 0.15) is 31.5 Å². The molecule has 2 heterocycles. The van der Waals surface area contributed by atoms with Gasteiger partial charge < -0.3 is 19.9 Å². The molecule has 8 heteroatoms. The standard InChI is InChI=1S/C20H28N4O2.2ClH/c1-3-18-13-24(10-15(2)26-18)20(25)19(21)9-17-12-23(14-22-17)11-16-7-5-4-6-8-16;;/h4-8,12,14-15,18-19H,3,9-11,13,21H2,1-2H3;2*1H/t15?,18?,19-;;/m0../s1. The zero-order valence-corrected chi connectivity index (χ0v) is 18.0. The van der Waals surface area contributed by atoms with Gasteiger partial charge in [0.2, 0.25) is 5.91 Å². The van der Waals surface area contributed by atoms with Gasteiger partial charge in [-0.15, -0.1) is 24.8 Å². The van der Waals surface area contributed by atoms with Crippen molar-refractivity contribution < 1.29 is 9.53 Å². The van der Waals surface area contributed by atoms with Crippen molar-refractivity contribution in [1.82, 2.24) is 14.5 Å². The Bertz CT molecular complexity index is 726. The topological polar surface area (TPSA) is 73.4 Å². The minimum absolute atomic E-state index is 0. The van der Waals surface area contributed by atoms with E-state index in [-0.39, 0.29) is 42.9 Å². The number of carbonyl (C=O) groups excluding carboxylic acids is 1. The number of nitrogens with zero attached hydrogens (tertiary/aromatic N) is 3. The van der Waals surface area contributed by atoms with E-state index < -0.39 is 6.04 Å². The van der Waals surface area contributed by atoms with Crippen molar-refractivity contribution in [2.75, 3.05) is 13.1 Å². The van der Waals surface area contributed by atoms with Crippen molar-refractivity contribution in [3.05, 3.63) is 54.1 Å². The Balaban J connectivity index is 0.00000196. The van der Waals surface area contributed by atoms with Gasteiger partial charge in [0, 0.05) is 32.3 Å². The second-order valence-electron chi connectivity index (χ2n) is 7.05. The summed E-state index contributed by atoms with van der Waals surface area (Å²) in [5.74, 6) is -0.0174. The summed E-state index contributed by atoms with van der Waals surface area (Å²) in [6.07, 6.45) is 5.26. The van der Waals surface area contributed by atoms with Gasteiger partial charge in [0.15, 0.2) is 0 Å². The number of benzene rings is 1. The van der Waals surface area contributed by atoms with Crippen molar-refractivity contribution >= 4 is 30.7 Å². The van der Waals surface area contributed by atoms with Crippen LogP contribution in [-0.2, 0) is 22.5 Å². The summed E-state index contributed by atoms with van der Waals surface area (Å²) in [6, 6.07) is 9.64. The SMILES string of the molecule is CCC1CN(C(=O)[C@@H](N)Cc2cn(Cc3ccccc3)cn2)CC(C)O1.Cl.Cl. The number of halogens is 2. The number of ether oxygens (including phenoxy) is 1. The first-order chi connectivity index (χ1) is 12.5. The lowest BCUT2D eigenvalue weighted by molar-refractivity contribution is -0.145. The van der Waals surface area contributed by atoms with Crippen LogP contribution in [0.3, 0.4) is 0 Å². The molecule has 0 radical (unpaired) electrons. The van der Waals surface area contributed by atoms with E-state index in [9.17, 15) is 4.79 Å². The fourth-order valence-corrected chi connectivity index (χ4v) is 3.39. The molecular formula is C20H30Cl2N4O2. The molecule has 0 saturated carbocycles. The fourth-order valence-electron chi connectivity index (χ4n) is 3.39. The van der Waals surface area contributed by atoms with Gasteiger partial charge in [0.25, 0.3) is 0 Å². The summed E-state index contributed by atoms with van der Waals surface area (Å²) >= 11 is 0. The van der Waals surface area contributed by atoms with Gasteiger partial charge in [-0.2, -0.15) is 0 Å². The van der Waals surface area contributed by atoms with Crippen molar-refractivity contribution in [3.8, 4) is 0 Å². The molecule has 1 amide bonds. The molecule has 0 bridgehead atoms. The minimum atomic E-state index is -0.571. The van der Waals surface area contributed by atoms with Crippen LogP contribution in [0.15, 0.2) is 42.9 Å². The zero-order valence-electron chi connectivity index (χ0n) is 16.4. The molecular weight excluding hydrogens is 399 g/mol. The van der Waals surface area contributed by atoms with Crippen LogP contribution in [-0.4, -0.2) is 51.7 Å². The van der Waals surface area contributed by atoms with E-state index in [1.54, 1.807) is 6.33 Å². The first-order valence-electron chi connectivity index (χ1n) is 9.29. The number of nitrogens with two attached hydrogens (primary N) is 1. The monoisotopic (exact) mass is 428 g/mol. The average molecular weight is 429 g/mol. The van der Waals surface area contributed by atoms with Crippen molar-refractivity contribution in [1.29, 1.82) is 0 Å². The third-order valence-corrected chi connectivity index (χ3v) is 4.73. The summed E-state index contributed by atoms with van der Waals surface area (Å²) in [4.78, 5) is 19.0. The Morgan fingerprint density at radius 3 is 2.68 bits per heavy atom. The number of imidazole rings is 1. The molecule has 1 aromatic heterocycles. The number of carbonyl (C=O) groups is 1. The molecule has 1 aliphatic rings. The quantitative estimate of drug-likeness (QED) is 0.767. The van der Waals surface area contributed by atoms with E-state index in [1.165, 1.54) is 5.56 Å². The van der Waals surface area contributed by atoms with Crippen molar-refractivity contribution in [2.45, 2.75) is 51.5 Å². The molecule has 3 rings (SSSR count). The van der Waals surface area contributed by atoms with Crippen LogP contribution in [0.2, 0.25) is 0 Å². The summed E-state index contributed by atoms with van der Waals surface area (Å²) in [6.45, 7) is 6.06. The predicted molar refractivity (Wildman–Crippen MR) is 115 cm³/mol. The molecule has 156 valence electrons. The molecule has 2 aromatic rings. The second kappa shape index (κ2) is 11.4. The highest BCUT2D eigenvalue weighted by molar-refractivity contribution is 5.85. The minimum Gasteiger partial charge on any atom is -0.372 e. The number of aromatic nitrogens is 2. The van der Waals surface area contributed by atoms with Gasteiger partial charge in [-0.25, -0.2) is 4.98 Å². The molecule has 2 unspecified atom stereocenters. The highest BCUT2D eigenvalue weighted by Crippen LogP contribution is 2.15. The largest absolute Gasteiger partial charge is 0.372 e. The molecule has 3 atom stereocenters. The fraction of sp³-hybridized carbons (Fsp3) is 0.500. The van der Waals surface area contributed by atoms with Gasteiger partial charge >= 0.3 is 0 Å². The van der Waals surface area contributed by atoms with E-state index in [2.05, 4.69) is 24.0 Å². The van der Waals surface area contributed by atoms with Crippen LogP contribution in [0.4, 0.5) is 0 Å². The van der Waals surface area contributed by atoms with Gasteiger partial charge in [-0.1, -0.05) is 37.3 Å². The number of rotatable bonds is 6. The third kappa shape index (κ3) is 6.48. The maximum Gasteiger partial charge on any atom is 0.240 e. The van der Waals surface area contributed by atoms with Crippen molar-refractivity contribution in [3.63, 3.8) is 0 Å². The molecule has 2 N–H and O–H groups in total. The zero-order chi connectivity index (χ0) is 18.5. The summed E-state index contributed by atoms with van der Waals surface area (Å²) < 4.78 is 7.84. The Labute approximate surface area is 179 Å². The lowest BCUT2D eigenvalue weighted by atomic mass is 10.1. The summed E-state index contributed by atoms with van der Waals surface area (Å²) in [7, 11) is 0. The molecule has 0 aliphatic carbocycles. The Morgan fingerprint density at radius 2 is 2.00 bits per heavy atom. The molecule has 1 aliphatic heterocycles. The number of morpholine rings is 1. The lowest BCUT2D eigenvalue weighted by Gasteiger charge is -2.37. The third-order valence-electron chi connectivity index (χ3n) is 4.73. The van der Waals surface area contributed by atoms with E-state index in [0.717, 1.165) is 18.7 Å². The van der Waals surface area contributed by atoms with E-state index >= 15 is 0 Å². The molecule has 1 fully saturated rings. The second-order valence-corrected chi connectivity index (χ2v) is 7.05. The number of hydrogen-bond donors (Lipinski definition) is 1. The number of amides is 1. The Morgan fingerprint density at radius 1 is 1.29 bits per heavy atom. The average Bonchev–Trinajstić information content (AvgIpc) is 3.08. The predicted octanol–water partition coefficient (Wildman–Crippen LogP) is 2.67. The van der Waals surface area contributed by atoms with Crippen LogP contribution >= 0.6 is 24.8 Å². The van der Waals surface area contributed by atoms with Crippen LogP contribution in [0, 0.1) is 0 Å².